The van der Waals surface area contributed by atoms with Crippen molar-refractivity contribution in [1.29, 1.82) is 0 Å². The molecule has 2 aromatic carbocycles. The lowest BCUT2D eigenvalue weighted by Crippen LogP contribution is -2.38. The number of rotatable bonds is 9. The molecule has 11 nitrogen and oxygen atoms in total. The van der Waals surface area contributed by atoms with Crippen LogP contribution in [0.5, 0.6) is 17.2 Å². The summed E-state index contributed by atoms with van der Waals surface area (Å²) < 4.78 is 11.6. The van der Waals surface area contributed by atoms with E-state index in [1.807, 2.05) is 0 Å². The number of amides is 1. The van der Waals surface area contributed by atoms with Crippen LogP contribution < -0.4 is 20.1 Å². The van der Waals surface area contributed by atoms with Crippen molar-refractivity contribution in [2.24, 2.45) is 11.3 Å². The fourth-order valence-corrected chi connectivity index (χ4v) is 6.80. The number of carbonyl (C=O) groups excluding carboxylic acids is 1. The van der Waals surface area contributed by atoms with E-state index >= 15 is 0 Å². The first-order chi connectivity index (χ1) is 19.5. The Morgan fingerprint density at radius 2 is 1.78 bits per heavy atom. The first-order valence-electron chi connectivity index (χ1n) is 13.6. The minimum Gasteiger partial charge on any atom is -0.490 e. The first-order valence-corrected chi connectivity index (χ1v) is 14.4. The fourth-order valence-electron chi connectivity index (χ4n) is 5.44. The van der Waals surface area contributed by atoms with E-state index in [0.29, 0.717) is 18.3 Å². The van der Waals surface area contributed by atoms with Gasteiger partial charge in [-0.3, -0.25) is 25.0 Å². The molecule has 0 saturated heterocycles. The van der Waals surface area contributed by atoms with Gasteiger partial charge in [-0.2, -0.15) is 0 Å². The van der Waals surface area contributed by atoms with E-state index in [4.69, 9.17) is 9.47 Å². The minimum atomic E-state index is -0.734. The molecule has 0 saturated carbocycles. The van der Waals surface area contributed by atoms with Crippen LogP contribution in [0.25, 0.3) is 0 Å². The van der Waals surface area contributed by atoms with Gasteiger partial charge in [0.25, 0.3) is 11.6 Å². The number of carbonyl (C=O) groups is 1. The molecule has 0 radical (unpaired) electrons. The molecule has 2 aliphatic rings. The van der Waals surface area contributed by atoms with E-state index in [0.717, 1.165) is 59.5 Å². The van der Waals surface area contributed by atoms with Gasteiger partial charge in [0.05, 0.1) is 28.1 Å². The van der Waals surface area contributed by atoms with Crippen LogP contribution in [0.3, 0.4) is 0 Å². The Morgan fingerprint density at radius 3 is 2.46 bits per heavy atom. The van der Waals surface area contributed by atoms with Crippen molar-refractivity contribution in [3.63, 3.8) is 0 Å². The summed E-state index contributed by atoms with van der Waals surface area (Å²) in [6.45, 7) is 8.96. The third-order valence-corrected chi connectivity index (χ3v) is 9.42. The van der Waals surface area contributed by atoms with Gasteiger partial charge in [-0.05, 0) is 66.8 Å². The molecule has 1 aliphatic carbocycles. The molecule has 1 aromatic heterocycles. The van der Waals surface area contributed by atoms with Crippen molar-refractivity contribution in [3.05, 3.63) is 78.2 Å². The van der Waals surface area contributed by atoms with Gasteiger partial charge in [0.15, 0.2) is 11.5 Å². The molecule has 12 heteroatoms. The highest BCUT2D eigenvalue weighted by atomic mass is 32.1. The summed E-state index contributed by atoms with van der Waals surface area (Å²) >= 11 is 1.66. The second-order valence-electron chi connectivity index (χ2n) is 10.9. The zero-order chi connectivity index (χ0) is 29.5. The number of hydrogen-bond donors (Lipinski definition) is 2. The lowest BCUT2D eigenvalue weighted by molar-refractivity contribution is -0.394. The molecule has 2 heterocycles. The van der Waals surface area contributed by atoms with Crippen molar-refractivity contribution in [1.82, 2.24) is 5.32 Å². The van der Waals surface area contributed by atoms with Crippen LogP contribution in [0.2, 0.25) is 0 Å². The highest BCUT2D eigenvalue weighted by Crippen LogP contribution is 2.47. The predicted octanol–water partition coefficient (Wildman–Crippen LogP) is 7.15. The molecule has 2 atom stereocenters. The SMILES string of the molecule is CCOc1cc([C@H]2NC(=O)c3c(sc4c3CC[C@H](C(C)(C)CC)C4)N2)ccc1Oc1ccc([N+](=O)[O-])cc1[N+](=O)[O-]. The third kappa shape index (κ3) is 5.43. The maximum absolute atomic E-state index is 13.3. The number of non-ortho nitro benzene ring substituents is 1. The summed E-state index contributed by atoms with van der Waals surface area (Å²) in [4.78, 5) is 35.8. The van der Waals surface area contributed by atoms with Crippen molar-refractivity contribution in [2.75, 3.05) is 11.9 Å². The van der Waals surface area contributed by atoms with Crippen LogP contribution in [-0.4, -0.2) is 22.4 Å². The van der Waals surface area contributed by atoms with Gasteiger partial charge in [0.1, 0.15) is 11.2 Å². The quantitative estimate of drug-likeness (QED) is 0.200. The summed E-state index contributed by atoms with van der Waals surface area (Å²) in [6, 6.07) is 8.25. The molecular weight excluding hydrogens is 548 g/mol. The standard InChI is InChI=1S/C29H32N4O7S/c1-5-29(3,4)17-8-10-19-24(14-17)41-28-25(19)27(34)30-26(31-28)16-7-11-22(23(13-16)39-6-2)40-21-12-9-18(32(35)36)15-20(21)33(37)38/h7,9,11-13,15,17,26,31H,5-6,8,10,14H2,1-4H3,(H,30,34)/t17-,26-/m0/s1. The number of nitrogens with one attached hydrogen (secondary N) is 2. The van der Waals surface area contributed by atoms with Crippen LogP contribution in [0.15, 0.2) is 36.4 Å². The number of ether oxygens (including phenoxy) is 2. The molecule has 216 valence electrons. The summed E-state index contributed by atoms with van der Waals surface area (Å²) in [6.07, 6.45) is 3.53. The molecule has 0 fully saturated rings. The van der Waals surface area contributed by atoms with Crippen LogP contribution in [0, 0.1) is 31.6 Å². The molecule has 1 aliphatic heterocycles. The van der Waals surface area contributed by atoms with E-state index < -0.39 is 27.4 Å². The van der Waals surface area contributed by atoms with Crippen LogP contribution >= 0.6 is 11.3 Å². The Morgan fingerprint density at radius 1 is 1.02 bits per heavy atom. The maximum Gasteiger partial charge on any atom is 0.318 e. The van der Waals surface area contributed by atoms with Gasteiger partial charge in [-0.1, -0.05) is 33.3 Å². The van der Waals surface area contributed by atoms with Gasteiger partial charge >= 0.3 is 5.69 Å². The molecular formula is C29H32N4O7S. The number of nitrogens with zero attached hydrogens (tertiary/aromatic N) is 2. The predicted molar refractivity (Wildman–Crippen MR) is 155 cm³/mol. The van der Waals surface area contributed by atoms with E-state index in [9.17, 15) is 25.0 Å². The number of fused-ring (bicyclic) bond motifs is 3. The van der Waals surface area contributed by atoms with E-state index in [2.05, 4.69) is 31.4 Å². The molecule has 0 unspecified atom stereocenters. The largest absolute Gasteiger partial charge is 0.490 e. The third-order valence-electron chi connectivity index (χ3n) is 8.23. The highest BCUT2D eigenvalue weighted by molar-refractivity contribution is 7.16. The Hall–Kier alpha value is -4.19. The molecule has 0 bridgehead atoms. The van der Waals surface area contributed by atoms with Crippen LogP contribution in [-0.2, 0) is 12.8 Å². The van der Waals surface area contributed by atoms with Crippen molar-refractivity contribution >= 4 is 33.6 Å². The monoisotopic (exact) mass is 580 g/mol. The Balaban J connectivity index is 1.41. The van der Waals surface area contributed by atoms with Crippen LogP contribution in [0.1, 0.15) is 73.1 Å². The number of anilines is 1. The second-order valence-corrected chi connectivity index (χ2v) is 12.1. The molecule has 0 spiro atoms. The zero-order valence-corrected chi connectivity index (χ0v) is 24.1. The minimum absolute atomic E-state index is 0.116. The lowest BCUT2D eigenvalue weighted by atomic mass is 9.69. The number of benzene rings is 2. The molecule has 1 amide bonds. The van der Waals surface area contributed by atoms with Crippen LogP contribution in [0.4, 0.5) is 16.4 Å². The Kier molecular flexibility index (Phi) is 7.60. The van der Waals surface area contributed by atoms with Gasteiger partial charge in [0, 0.05) is 10.9 Å². The van der Waals surface area contributed by atoms with Crippen molar-refractivity contribution in [2.45, 2.75) is 59.5 Å². The summed E-state index contributed by atoms with van der Waals surface area (Å²) in [5, 5.41) is 30.1. The van der Waals surface area contributed by atoms with E-state index in [1.54, 1.807) is 36.5 Å². The molecule has 5 rings (SSSR count). The summed E-state index contributed by atoms with van der Waals surface area (Å²) in [5.41, 5.74) is 1.90. The molecule has 2 N–H and O–H groups in total. The number of hydrogen-bond acceptors (Lipinski definition) is 9. The summed E-state index contributed by atoms with van der Waals surface area (Å²) in [7, 11) is 0. The van der Waals surface area contributed by atoms with E-state index in [-0.39, 0.29) is 22.8 Å². The van der Waals surface area contributed by atoms with Gasteiger partial charge < -0.3 is 20.1 Å². The second kappa shape index (κ2) is 11.0. The maximum atomic E-state index is 13.3. The number of thiophene rings is 1. The zero-order valence-electron chi connectivity index (χ0n) is 23.3. The topological polar surface area (TPSA) is 146 Å². The number of nitro benzene ring substituents is 2. The highest BCUT2D eigenvalue weighted by Gasteiger charge is 2.37. The Labute approximate surface area is 241 Å². The average molecular weight is 581 g/mol. The summed E-state index contributed by atoms with van der Waals surface area (Å²) in [5.74, 6) is 0.819. The lowest BCUT2D eigenvalue weighted by Gasteiger charge is -2.36. The first kappa shape index (κ1) is 28.3. The molecule has 3 aromatic rings. The van der Waals surface area contributed by atoms with Crippen molar-refractivity contribution in [3.8, 4) is 17.2 Å². The smallest absolute Gasteiger partial charge is 0.318 e. The van der Waals surface area contributed by atoms with Gasteiger partial charge in [-0.15, -0.1) is 11.3 Å². The van der Waals surface area contributed by atoms with E-state index in [1.165, 1.54) is 10.9 Å². The van der Waals surface area contributed by atoms with Crippen molar-refractivity contribution < 1.29 is 24.1 Å². The van der Waals surface area contributed by atoms with Gasteiger partial charge in [0.2, 0.25) is 5.75 Å². The fraction of sp³-hybridized carbons (Fsp3) is 0.414. The molecule has 41 heavy (non-hydrogen) atoms. The van der Waals surface area contributed by atoms with Gasteiger partial charge in [-0.25, -0.2) is 0 Å². The normalized spacial score (nSPS) is 18.0. The Bertz CT molecular complexity index is 1530. The number of nitro groups is 2. The average Bonchev–Trinajstić information content (AvgIpc) is 3.32.